The molecule has 5 aromatic carbocycles. The van der Waals surface area contributed by atoms with Crippen molar-refractivity contribution in [2.75, 3.05) is 0 Å². The molecule has 5 aromatic rings. The predicted octanol–water partition coefficient (Wildman–Crippen LogP) is 6.73. The molecule has 0 saturated carbocycles. The summed E-state index contributed by atoms with van der Waals surface area (Å²) in [5, 5.41) is 10.2. The molecule has 0 saturated heterocycles. The van der Waals surface area contributed by atoms with Crippen molar-refractivity contribution in [3.63, 3.8) is 0 Å². The zero-order chi connectivity index (χ0) is 17.7. The smallest absolute Gasteiger partial charge is 0.133 e. The highest BCUT2D eigenvalue weighted by Crippen LogP contribution is 2.41. The average Bonchev–Trinajstić information content (AvgIpc) is 2.67. The molecule has 0 aliphatic carbocycles. The molecule has 26 heavy (non-hydrogen) atoms. The Morgan fingerprint density at radius 2 is 1.42 bits per heavy atom. The van der Waals surface area contributed by atoms with Crippen molar-refractivity contribution in [1.82, 2.24) is 0 Å². The van der Waals surface area contributed by atoms with Crippen LogP contribution in [0.4, 0.5) is 0 Å². The Bertz CT molecular complexity index is 1310. The molecule has 0 fully saturated rings. The van der Waals surface area contributed by atoms with Gasteiger partial charge in [0.1, 0.15) is 5.78 Å². The predicted molar refractivity (Wildman–Crippen MR) is 112 cm³/mol. The highest BCUT2D eigenvalue weighted by Gasteiger charge is 2.14. The van der Waals surface area contributed by atoms with E-state index in [1.54, 1.807) is 6.92 Å². The summed E-state index contributed by atoms with van der Waals surface area (Å²) in [4.78, 5) is 11.4. The van der Waals surface area contributed by atoms with Crippen molar-refractivity contribution in [2.24, 2.45) is 0 Å². The molecule has 0 aliphatic heterocycles. The second-order valence-corrected chi connectivity index (χ2v) is 6.95. The third-order valence-electron chi connectivity index (χ3n) is 5.26. The quantitative estimate of drug-likeness (QED) is 0.264. The highest BCUT2D eigenvalue weighted by atomic mass is 16.1. The number of carbonyl (C=O) groups excluding carboxylic acids is 1. The largest absolute Gasteiger partial charge is 0.300 e. The van der Waals surface area contributed by atoms with Crippen molar-refractivity contribution in [3.05, 3.63) is 78.4 Å². The molecular formula is C25H18O. The summed E-state index contributed by atoms with van der Waals surface area (Å²) in [6, 6.07) is 23.9. The van der Waals surface area contributed by atoms with Crippen molar-refractivity contribution in [3.8, 4) is 0 Å². The van der Waals surface area contributed by atoms with E-state index in [9.17, 15) is 4.79 Å². The minimum Gasteiger partial charge on any atom is -0.300 e. The van der Waals surface area contributed by atoms with Crippen molar-refractivity contribution < 1.29 is 4.79 Å². The maximum atomic E-state index is 11.4. The van der Waals surface area contributed by atoms with E-state index in [1.165, 1.54) is 48.7 Å². The van der Waals surface area contributed by atoms with Crippen LogP contribution in [0.3, 0.4) is 0 Å². The Morgan fingerprint density at radius 3 is 2.15 bits per heavy atom. The normalized spacial score (nSPS) is 12.2. The molecule has 5 rings (SSSR count). The van der Waals surface area contributed by atoms with Gasteiger partial charge in [-0.1, -0.05) is 78.9 Å². The maximum Gasteiger partial charge on any atom is 0.133 e. The van der Waals surface area contributed by atoms with Crippen LogP contribution in [-0.2, 0) is 4.79 Å². The second kappa shape index (κ2) is 5.67. The Balaban J connectivity index is 2.00. The fourth-order valence-corrected chi connectivity index (χ4v) is 4.15. The number of hydrogen-bond acceptors (Lipinski definition) is 1. The van der Waals surface area contributed by atoms with Gasteiger partial charge in [0.15, 0.2) is 0 Å². The number of hydrogen-bond donors (Lipinski definition) is 0. The number of allylic oxidation sites excluding steroid dienone is 1. The monoisotopic (exact) mass is 334 g/mol. The first-order valence-electron chi connectivity index (χ1n) is 8.98. The van der Waals surface area contributed by atoms with Gasteiger partial charge in [-0.05, 0) is 55.6 Å². The average molecular weight is 334 g/mol. The SMILES string of the molecule is CC(=O)C/C=C/c1c2ccccc2c2ccc3cccc4ccc1c2c43. The molecule has 124 valence electrons. The molecule has 0 aromatic heterocycles. The summed E-state index contributed by atoms with van der Waals surface area (Å²) in [6.07, 6.45) is 4.58. The molecule has 0 unspecified atom stereocenters. The zero-order valence-corrected chi connectivity index (χ0v) is 14.6. The summed E-state index contributed by atoms with van der Waals surface area (Å²) in [5.74, 6) is 0.184. The lowest BCUT2D eigenvalue weighted by Gasteiger charge is -2.16. The number of ketones is 1. The summed E-state index contributed by atoms with van der Waals surface area (Å²) < 4.78 is 0. The second-order valence-electron chi connectivity index (χ2n) is 6.95. The van der Waals surface area contributed by atoms with E-state index < -0.39 is 0 Å². The van der Waals surface area contributed by atoms with Gasteiger partial charge in [0.05, 0.1) is 0 Å². The number of benzene rings is 5. The zero-order valence-electron chi connectivity index (χ0n) is 14.6. The van der Waals surface area contributed by atoms with E-state index in [2.05, 4.69) is 72.8 Å². The minimum absolute atomic E-state index is 0.184. The van der Waals surface area contributed by atoms with E-state index in [4.69, 9.17) is 0 Å². The Labute approximate surface area is 151 Å². The minimum atomic E-state index is 0.184. The fourth-order valence-electron chi connectivity index (χ4n) is 4.15. The van der Waals surface area contributed by atoms with Crippen LogP contribution in [0.25, 0.3) is 49.2 Å². The number of Topliss-reactive ketones (excluding diaryl/α,β-unsaturated/α-hetero) is 1. The van der Waals surface area contributed by atoms with Gasteiger partial charge >= 0.3 is 0 Å². The van der Waals surface area contributed by atoms with Crippen molar-refractivity contribution in [2.45, 2.75) is 13.3 Å². The van der Waals surface area contributed by atoms with Gasteiger partial charge in [0.25, 0.3) is 0 Å². The molecule has 0 radical (unpaired) electrons. The third kappa shape index (κ3) is 2.14. The maximum absolute atomic E-state index is 11.4. The van der Waals surface area contributed by atoms with E-state index in [-0.39, 0.29) is 5.78 Å². The van der Waals surface area contributed by atoms with Crippen molar-refractivity contribution >= 4 is 54.9 Å². The van der Waals surface area contributed by atoms with Gasteiger partial charge < -0.3 is 0 Å². The number of fused-ring (bicyclic) bond motifs is 2. The molecule has 0 spiro atoms. The molecule has 0 aliphatic rings. The molecule has 0 amide bonds. The van der Waals surface area contributed by atoms with Gasteiger partial charge in [-0.15, -0.1) is 0 Å². The van der Waals surface area contributed by atoms with Crippen LogP contribution in [0.1, 0.15) is 18.9 Å². The molecule has 1 nitrogen and oxygen atoms in total. The summed E-state index contributed by atoms with van der Waals surface area (Å²) in [7, 11) is 0. The van der Waals surface area contributed by atoms with Crippen LogP contribution in [0.2, 0.25) is 0 Å². The molecule has 1 heteroatoms. The van der Waals surface area contributed by atoms with Gasteiger partial charge in [0, 0.05) is 6.42 Å². The lowest BCUT2D eigenvalue weighted by Crippen LogP contribution is -1.90. The lowest BCUT2D eigenvalue weighted by molar-refractivity contribution is -0.116. The standard InChI is InChI=1S/C25H18O/c1-16(26)6-4-11-21-19-9-2-3-10-20(19)22-14-12-17-7-5-8-18-13-15-23(21)25(22)24(17)18/h2-5,7-15H,6H2,1H3/b11-4+. The van der Waals surface area contributed by atoms with Gasteiger partial charge in [0.2, 0.25) is 0 Å². The van der Waals surface area contributed by atoms with Crippen LogP contribution in [0.5, 0.6) is 0 Å². The van der Waals surface area contributed by atoms with Gasteiger partial charge in [-0.2, -0.15) is 0 Å². The first kappa shape index (κ1) is 15.1. The lowest BCUT2D eigenvalue weighted by atomic mass is 9.87. The Morgan fingerprint density at radius 1 is 0.731 bits per heavy atom. The van der Waals surface area contributed by atoms with E-state index >= 15 is 0 Å². The molecule has 0 atom stereocenters. The van der Waals surface area contributed by atoms with Crippen LogP contribution in [0.15, 0.2) is 72.8 Å². The molecular weight excluding hydrogens is 316 g/mol. The topological polar surface area (TPSA) is 17.1 Å². The summed E-state index contributed by atoms with van der Waals surface area (Å²) in [5.41, 5.74) is 1.20. The number of carbonyl (C=O) groups is 1. The van der Waals surface area contributed by atoms with E-state index in [0.29, 0.717) is 6.42 Å². The Kier molecular flexibility index (Phi) is 3.29. The Hall–Kier alpha value is -3.19. The van der Waals surface area contributed by atoms with Crippen LogP contribution in [0, 0.1) is 0 Å². The highest BCUT2D eigenvalue weighted by molar-refractivity contribution is 6.31. The van der Waals surface area contributed by atoms with Gasteiger partial charge in [-0.25, -0.2) is 0 Å². The first-order chi connectivity index (χ1) is 12.7. The van der Waals surface area contributed by atoms with E-state index in [1.807, 2.05) is 6.08 Å². The van der Waals surface area contributed by atoms with Crippen LogP contribution < -0.4 is 0 Å². The van der Waals surface area contributed by atoms with Crippen LogP contribution in [-0.4, -0.2) is 5.78 Å². The van der Waals surface area contributed by atoms with Crippen molar-refractivity contribution in [1.29, 1.82) is 0 Å². The van der Waals surface area contributed by atoms with E-state index in [0.717, 1.165) is 0 Å². The third-order valence-corrected chi connectivity index (χ3v) is 5.26. The number of rotatable bonds is 3. The molecule has 0 N–H and O–H groups in total. The summed E-state index contributed by atoms with van der Waals surface area (Å²) in [6.45, 7) is 1.63. The molecule has 0 heterocycles. The molecule has 0 bridgehead atoms. The van der Waals surface area contributed by atoms with Gasteiger partial charge in [-0.3, -0.25) is 4.79 Å². The summed E-state index contributed by atoms with van der Waals surface area (Å²) >= 11 is 0. The van der Waals surface area contributed by atoms with Crippen LogP contribution >= 0.6 is 0 Å². The first-order valence-corrected chi connectivity index (χ1v) is 8.98. The fraction of sp³-hybridized carbons (Fsp3) is 0.0800.